The van der Waals surface area contributed by atoms with Crippen molar-refractivity contribution >= 4 is 5.91 Å². The first kappa shape index (κ1) is 13.8. The summed E-state index contributed by atoms with van der Waals surface area (Å²) in [4.78, 5) is 17.0. The Bertz CT molecular complexity index is 282. The molecule has 0 aromatic heterocycles. The van der Waals surface area contributed by atoms with E-state index in [9.17, 15) is 4.79 Å². The monoisotopic (exact) mass is 253 g/mol. The molecule has 18 heavy (non-hydrogen) atoms. The maximum Gasteiger partial charge on any atom is 0.224 e. The number of amides is 1. The summed E-state index contributed by atoms with van der Waals surface area (Å²) in [6, 6.07) is 0.927. The Morgan fingerprint density at radius 2 is 2.11 bits per heavy atom. The minimum absolute atomic E-state index is 0.297. The number of rotatable bonds is 4. The SMILES string of the molecule is CCNC(C)CC(=O)N1CCCN2CCCC2C1. The summed E-state index contributed by atoms with van der Waals surface area (Å²) in [6.07, 6.45) is 4.35. The van der Waals surface area contributed by atoms with E-state index in [2.05, 4.69) is 29.0 Å². The van der Waals surface area contributed by atoms with Gasteiger partial charge in [-0.05, 0) is 39.3 Å². The molecule has 2 rings (SSSR count). The lowest BCUT2D eigenvalue weighted by molar-refractivity contribution is -0.131. The van der Waals surface area contributed by atoms with Crippen LogP contribution in [0, 0.1) is 0 Å². The van der Waals surface area contributed by atoms with Crippen LogP contribution in [0.2, 0.25) is 0 Å². The molecule has 0 saturated carbocycles. The van der Waals surface area contributed by atoms with Crippen LogP contribution in [0.25, 0.3) is 0 Å². The van der Waals surface area contributed by atoms with E-state index < -0.39 is 0 Å². The molecule has 0 spiro atoms. The summed E-state index contributed by atoms with van der Waals surface area (Å²) in [5.74, 6) is 0.331. The van der Waals surface area contributed by atoms with Crippen LogP contribution < -0.4 is 5.32 Å². The fourth-order valence-corrected chi connectivity index (χ4v) is 3.24. The molecular formula is C14H27N3O. The molecule has 2 saturated heterocycles. The largest absolute Gasteiger partial charge is 0.341 e. The van der Waals surface area contributed by atoms with Crippen molar-refractivity contribution < 1.29 is 4.79 Å². The van der Waals surface area contributed by atoms with Crippen LogP contribution in [0.5, 0.6) is 0 Å². The van der Waals surface area contributed by atoms with E-state index in [0.717, 1.165) is 26.1 Å². The lowest BCUT2D eigenvalue weighted by atomic mass is 10.1. The van der Waals surface area contributed by atoms with Gasteiger partial charge in [0.05, 0.1) is 0 Å². The average molecular weight is 253 g/mol. The van der Waals surface area contributed by atoms with Crippen molar-refractivity contribution in [1.82, 2.24) is 15.1 Å². The summed E-state index contributed by atoms with van der Waals surface area (Å²) in [5, 5.41) is 3.32. The highest BCUT2D eigenvalue weighted by atomic mass is 16.2. The first-order valence-electron chi connectivity index (χ1n) is 7.46. The van der Waals surface area contributed by atoms with Crippen LogP contribution in [0.3, 0.4) is 0 Å². The molecule has 1 N–H and O–H groups in total. The molecule has 2 aliphatic heterocycles. The van der Waals surface area contributed by atoms with Gasteiger partial charge >= 0.3 is 0 Å². The van der Waals surface area contributed by atoms with Crippen molar-refractivity contribution in [3.8, 4) is 0 Å². The lowest BCUT2D eigenvalue weighted by Crippen LogP contribution is -2.42. The third-order valence-electron chi connectivity index (χ3n) is 4.19. The maximum absolute atomic E-state index is 12.3. The van der Waals surface area contributed by atoms with Gasteiger partial charge in [-0.2, -0.15) is 0 Å². The van der Waals surface area contributed by atoms with Crippen molar-refractivity contribution in [3.63, 3.8) is 0 Å². The van der Waals surface area contributed by atoms with Gasteiger partial charge in [0, 0.05) is 38.1 Å². The first-order chi connectivity index (χ1) is 8.70. The molecule has 0 aromatic carbocycles. The highest BCUT2D eigenvalue weighted by Gasteiger charge is 2.30. The van der Waals surface area contributed by atoms with E-state index in [0.29, 0.717) is 24.4 Å². The number of hydrogen-bond donors (Lipinski definition) is 1. The van der Waals surface area contributed by atoms with Crippen LogP contribution in [0.15, 0.2) is 0 Å². The number of hydrogen-bond acceptors (Lipinski definition) is 3. The van der Waals surface area contributed by atoms with Gasteiger partial charge in [0.15, 0.2) is 0 Å². The molecule has 104 valence electrons. The molecule has 1 amide bonds. The number of nitrogens with zero attached hydrogens (tertiary/aromatic N) is 2. The molecule has 0 radical (unpaired) electrons. The zero-order valence-corrected chi connectivity index (χ0v) is 11.8. The van der Waals surface area contributed by atoms with Gasteiger partial charge in [-0.1, -0.05) is 6.92 Å². The van der Waals surface area contributed by atoms with E-state index in [1.54, 1.807) is 0 Å². The molecule has 0 aliphatic carbocycles. The fraction of sp³-hybridized carbons (Fsp3) is 0.929. The predicted octanol–water partition coefficient (Wildman–Crippen LogP) is 1.07. The lowest BCUT2D eigenvalue weighted by Gasteiger charge is -2.26. The van der Waals surface area contributed by atoms with Gasteiger partial charge in [-0.3, -0.25) is 9.69 Å². The summed E-state index contributed by atoms with van der Waals surface area (Å²) in [6.45, 7) is 9.44. The second kappa shape index (κ2) is 6.53. The van der Waals surface area contributed by atoms with Crippen LogP contribution in [0.4, 0.5) is 0 Å². The molecule has 0 bridgehead atoms. The Hall–Kier alpha value is -0.610. The number of carbonyl (C=O) groups is 1. The summed E-state index contributed by atoms with van der Waals surface area (Å²) in [5.41, 5.74) is 0. The smallest absolute Gasteiger partial charge is 0.224 e. The van der Waals surface area contributed by atoms with Crippen molar-refractivity contribution in [2.45, 2.75) is 51.6 Å². The Morgan fingerprint density at radius 3 is 2.89 bits per heavy atom. The second-order valence-electron chi connectivity index (χ2n) is 5.69. The zero-order chi connectivity index (χ0) is 13.0. The maximum atomic E-state index is 12.3. The average Bonchev–Trinajstić information content (AvgIpc) is 2.66. The van der Waals surface area contributed by atoms with Gasteiger partial charge in [-0.25, -0.2) is 0 Å². The Morgan fingerprint density at radius 1 is 1.33 bits per heavy atom. The van der Waals surface area contributed by atoms with E-state index >= 15 is 0 Å². The van der Waals surface area contributed by atoms with Crippen LogP contribution in [-0.4, -0.2) is 60.5 Å². The highest BCUT2D eigenvalue weighted by molar-refractivity contribution is 5.76. The molecule has 4 heteroatoms. The molecular weight excluding hydrogens is 226 g/mol. The highest BCUT2D eigenvalue weighted by Crippen LogP contribution is 2.21. The van der Waals surface area contributed by atoms with Crippen LogP contribution in [0.1, 0.15) is 39.5 Å². The Kier molecular flexibility index (Phi) is 5.01. The topological polar surface area (TPSA) is 35.6 Å². The molecule has 0 aromatic rings. The minimum Gasteiger partial charge on any atom is -0.341 e. The summed E-state index contributed by atoms with van der Waals surface area (Å²) < 4.78 is 0. The molecule has 2 fully saturated rings. The number of nitrogens with one attached hydrogen (secondary N) is 1. The van der Waals surface area contributed by atoms with Crippen molar-refractivity contribution in [2.75, 3.05) is 32.7 Å². The van der Waals surface area contributed by atoms with E-state index in [-0.39, 0.29) is 0 Å². The van der Waals surface area contributed by atoms with E-state index in [4.69, 9.17) is 0 Å². The van der Waals surface area contributed by atoms with E-state index in [1.165, 1.54) is 25.9 Å². The molecule has 2 aliphatic rings. The van der Waals surface area contributed by atoms with Crippen molar-refractivity contribution in [1.29, 1.82) is 0 Å². The third-order valence-corrected chi connectivity index (χ3v) is 4.19. The Labute approximate surface area is 111 Å². The first-order valence-corrected chi connectivity index (χ1v) is 7.46. The fourth-order valence-electron chi connectivity index (χ4n) is 3.24. The van der Waals surface area contributed by atoms with E-state index in [1.807, 2.05) is 0 Å². The quantitative estimate of drug-likeness (QED) is 0.814. The summed E-state index contributed by atoms with van der Waals surface area (Å²) >= 11 is 0. The standard InChI is InChI=1S/C14H27N3O/c1-3-15-12(2)10-14(18)17-9-5-8-16-7-4-6-13(16)11-17/h12-13,15H,3-11H2,1-2H3. The Balaban J connectivity index is 1.85. The van der Waals surface area contributed by atoms with Crippen LogP contribution >= 0.6 is 0 Å². The van der Waals surface area contributed by atoms with Gasteiger partial charge in [-0.15, -0.1) is 0 Å². The van der Waals surface area contributed by atoms with Crippen molar-refractivity contribution in [2.24, 2.45) is 0 Å². The van der Waals surface area contributed by atoms with Gasteiger partial charge in [0.1, 0.15) is 0 Å². The molecule has 2 heterocycles. The molecule has 2 atom stereocenters. The zero-order valence-electron chi connectivity index (χ0n) is 11.8. The van der Waals surface area contributed by atoms with Gasteiger partial charge in [0.2, 0.25) is 5.91 Å². The summed E-state index contributed by atoms with van der Waals surface area (Å²) in [7, 11) is 0. The second-order valence-corrected chi connectivity index (χ2v) is 5.69. The van der Waals surface area contributed by atoms with Gasteiger partial charge < -0.3 is 10.2 Å². The van der Waals surface area contributed by atoms with Gasteiger partial charge in [0.25, 0.3) is 0 Å². The third kappa shape index (κ3) is 3.45. The number of fused-ring (bicyclic) bond motifs is 1. The molecule has 4 nitrogen and oxygen atoms in total. The normalized spacial score (nSPS) is 26.8. The number of carbonyl (C=O) groups excluding carboxylic acids is 1. The molecule has 2 unspecified atom stereocenters. The predicted molar refractivity (Wildman–Crippen MR) is 73.5 cm³/mol. The van der Waals surface area contributed by atoms with Crippen LogP contribution in [-0.2, 0) is 4.79 Å². The minimum atomic E-state index is 0.297. The van der Waals surface area contributed by atoms with Crippen molar-refractivity contribution in [3.05, 3.63) is 0 Å².